The van der Waals surface area contributed by atoms with Crippen molar-refractivity contribution < 1.29 is 0 Å². The molecule has 20 heavy (non-hydrogen) atoms. The van der Waals surface area contributed by atoms with Gasteiger partial charge in [0, 0.05) is 22.3 Å². The molecule has 0 bridgehead atoms. The maximum Gasteiger partial charge on any atom is 0.192 e. The zero-order chi connectivity index (χ0) is 14.9. The fraction of sp³-hybridized carbons (Fsp3) is 0.333. The minimum Gasteiger partial charge on any atom is -0.324 e. The lowest BCUT2D eigenvalue weighted by molar-refractivity contribution is 0.817. The molecule has 106 valence electrons. The Balaban J connectivity index is 2.31. The van der Waals surface area contributed by atoms with Crippen LogP contribution in [-0.4, -0.2) is 9.97 Å². The van der Waals surface area contributed by atoms with E-state index in [0.717, 1.165) is 32.6 Å². The molecule has 2 N–H and O–H groups in total. The van der Waals surface area contributed by atoms with E-state index in [2.05, 4.69) is 9.97 Å². The summed E-state index contributed by atoms with van der Waals surface area (Å²) >= 11 is 7.78. The minimum absolute atomic E-state index is 0.0216. The highest BCUT2D eigenvalue weighted by atomic mass is 35.5. The smallest absolute Gasteiger partial charge is 0.192 e. The molecular weight excluding hydrogens is 290 g/mol. The van der Waals surface area contributed by atoms with Gasteiger partial charge in [0.25, 0.3) is 0 Å². The van der Waals surface area contributed by atoms with Gasteiger partial charge in [-0.3, -0.25) is 0 Å². The van der Waals surface area contributed by atoms with Gasteiger partial charge in [0.15, 0.2) is 5.16 Å². The van der Waals surface area contributed by atoms with E-state index in [-0.39, 0.29) is 6.04 Å². The van der Waals surface area contributed by atoms with Gasteiger partial charge in [-0.05, 0) is 62.7 Å². The average Bonchev–Trinajstić information content (AvgIpc) is 2.38. The predicted octanol–water partition coefficient (Wildman–Crippen LogP) is 4.23. The minimum atomic E-state index is -0.0216. The topological polar surface area (TPSA) is 51.8 Å². The van der Waals surface area contributed by atoms with Gasteiger partial charge in [-0.25, -0.2) is 9.97 Å². The maximum atomic E-state index is 6.30. The van der Waals surface area contributed by atoms with Crippen LogP contribution in [0.15, 0.2) is 28.3 Å². The molecule has 5 heteroatoms. The van der Waals surface area contributed by atoms with E-state index in [1.165, 1.54) is 11.8 Å². The molecule has 0 aliphatic rings. The molecule has 1 heterocycles. The zero-order valence-electron chi connectivity index (χ0n) is 12.1. The third kappa shape index (κ3) is 3.32. The summed E-state index contributed by atoms with van der Waals surface area (Å²) in [6.07, 6.45) is 0. The van der Waals surface area contributed by atoms with E-state index >= 15 is 0 Å². The fourth-order valence-corrected chi connectivity index (χ4v) is 2.93. The van der Waals surface area contributed by atoms with Gasteiger partial charge in [0.1, 0.15) is 0 Å². The summed E-state index contributed by atoms with van der Waals surface area (Å²) in [7, 11) is 0. The Labute approximate surface area is 129 Å². The van der Waals surface area contributed by atoms with Crippen molar-refractivity contribution in [1.29, 1.82) is 0 Å². The Kier molecular flexibility index (Phi) is 4.68. The second-order valence-corrected chi connectivity index (χ2v) is 6.30. The van der Waals surface area contributed by atoms with Gasteiger partial charge >= 0.3 is 0 Å². The number of rotatable bonds is 3. The molecule has 1 aromatic carbocycles. The first-order valence-corrected chi connectivity index (χ1v) is 7.62. The van der Waals surface area contributed by atoms with Crippen LogP contribution in [0.2, 0.25) is 5.02 Å². The second kappa shape index (κ2) is 6.12. The monoisotopic (exact) mass is 307 g/mol. The van der Waals surface area contributed by atoms with Crippen molar-refractivity contribution >= 4 is 23.4 Å². The highest BCUT2D eigenvalue weighted by Crippen LogP contribution is 2.33. The maximum absolute atomic E-state index is 6.30. The third-order valence-electron chi connectivity index (χ3n) is 3.30. The van der Waals surface area contributed by atoms with Crippen LogP contribution in [-0.2, 0) is 0 Å². The molecule has 0 fully saturated rings. The number of nitrogens with zero attached hydrogens (tertiary/aromatic N) is 2. The molecule has 1 aromatic heterocycles. The van der Waals surface area contributed by atoms with Crippen molar-refractivity contribution in [3.63, 3.8) is 0 Å². The van der Waals surface area contributed by atoms with Crippen LogP contribution in [0.25, 0.3) is 0 Å². The molecule has 0 radical (unpaired) electrons. The van der Waals surface area contributed by atoms with E-state index in [1.807, 2.05) is 45.9 Å². The van der Waals surface area contributed by atoms with Crippen LogP contribution < -0.4 is 5.73 Å². The van der Waals surface area contributed by atoms with E-state index in [4.69, 9.17) is 17.3 Å². The van der Waals surface area contributed by atoms with Gasteiger partial charge in [0.05, 0.1) is 5.02 Å². The van der Waals surface area contributed by atoms with E-state index in [9.17, 15) is 0 Å². The molecular formula is C15H18ClN3S. The summed E-state index contributed by atoms with van der Waals surface area (Å²) in [5.41, 5.74) is 10.0. The predicted molar refractivity (Wildman–Crippen MR) is 84.4 cm³/mol. The van der Waals surface area contributed by atoms with E-state index < -0.39 is 0 Å². The second-order valence-electron chi connectivity index (χ2n) is 4.88. The number of aryl methyl sites for hydroxylation is 2. The fourth-order valence-electron chi connectivity index (χ4n) is 1.77. The molecule has 0 amide bonds. The molecule has 0 saturated carbocycles. The summed E-state index contributed by atoms with van der Waals surface area (Å²) in [6.45, 7) is 7.96. The van der Waals surface area contributed by atoms with Crippen LogP contribution in [0, 0.1) is 20.8 Å². The number of nitrogens with two attached hydrogens (primary N) is 1. The molecule has 0 saturated heterocycles. The molecule has 3 nitrogen and oxygen atoms in total. The Bertz CT molecular complexity index is 618. The molecule has 0 aliphatic heterocycles. The summed E-state index contributed by atoms with van der Waals surface area (Å²) in [6, 6.07) is 5.85. The van der Waals surface area contributed by atoms with Crippen LogP contribution in [0.1, 0.15) is 35.5 Å². The number of hydrogen-bond acceptors (Lipinski definition) is 4. The number of benzene rings is 1. The number of halogens is 1. The number of aromatic nitrogens is 2. The molecule has 1 atom stereocenters. The Morgan fingerprint density at radius 1 is 1.15 bits per heavy atom. The Morgan fingerprint density at radius 2 is 1.75 bits per heavy atom. The van der Waals surface area contributed by atoms with Crippen molar-refractivity contribution in [3.8, 4) is 0 Å². The summed E-state index contributed by atoms with van der Waals surface area (Å²) in [4.78, 5) is 9.94. The average molecular weight is 308 g/mol. The van der Waals surface area contributed by atoms with Crippen LogP contribution in [0.4, 0.5) is 0 Å². The SMILES string of the molecule is Cc1nc(Sc2ccc(C(C)N)cc2Cl)nc(C)c1C. The third-order valence-corrected chi connectivity index (χ3v) is 4.66. The van der Waals surface area contributed by atoms with Crippen molar-refractivity contribution in [1.82, 2.24) is 9.97 Å². The lowest BCUT2D eigenvalue weighted by Crippen LogP contribution is -2.04. The standard InChI is InChI=1S/C15H18ClN3S/c1-8-10(3)18-15(19-11(8)4)20-14-6-5-12(9(2)17)7-13(14)16/h5-7,9H,17H2,1-4H3. The number of hydrogen-bond donors (Lipinski definition) is 1. The quantitative estimate of drug-likeness (QED) is 0.862. The highest BCUT2D eigenvalue weighted by Gasteiger charge is 2.10. The van der Waals surface area contributed by atoms with E-state index in [1.54, 1.807) is 0 Å². The first-order valence-electron chi connectivity index (χ1n) is 6.43. The van der Waals surface area contributed by atoms with Gasteiger partial charge in [-0.1, -0.05) is 17.7 Å². The Morgan fingerprint density at radius 3 is 2.25 bits per heavy atom. The van der Waals surface area contributed by atoms with E-state index in [0.29, 0.717) is 5.02 Å². The normalized spacial score (nSPS) is 12.5. The molecule has 2 aromatic rings. The first-order chi connectivity index (χ1) is 9.38. The van der Waals surface area contributed by atoms with Gasteiger partial charge in [-0.2, -0.15) is 0 Å². The summed E-state index contributed by atoms with van der Waals surface area (Å²) < 4.78 is 0. The van der Waals surface area contributed by atoms with Crippen molar-refractivity contribution in [2.75, 3.05) is 0 Å². The largest absolute Gasteiger partial charge is 0.324 e. The van der Waals surface area contributed by atoms with Gasteiger partial charge in [-0.15, -0.1) is 0 Å². The van der Waals surface area contributed by atoms with Gasteiger partial charge in [0.2, 0.25) is 0 Å². The zero-order valence-corrected chi connectivity index (χ0v) is 13.6. The van der Waals surface area contributed by atoms with Crippen LogP contribution in [0.3, 0.4) is 0 Å². The molecule has 2 rings (SSSR count). The lowest BCUT2D eigenvalue weighted by Gasteiger charge is -2.10. The summed E-state index contributed by atoms with van der Waals surface area (Å²) in [5, 5.41) is 1.41. The summed E-state index contributed by atoms with van der Waals surface area (Å²) in [5.74, 6) is 0. The molecule has 0 spiro atoms. The Hall–Kier alpha value is -1.10. The van der Waals surface area contributed by atoms with Crippen molar-refractivity contribution in [2.24, 2.45) is 5.73 Å². The first kappa shape index (κ1) is 15.3. The highest BCUT2D eigenvalue weighted by molar-refractivity contribution is 7.99. The van der Waals surface area contributed by atoms with Crippen LogP contribution >= 0.6 is 23.4 Å². The van der Waals surface area contributed by atoms with Gasteiger partial charge < -0.3 is 5.73 Å². The van der Waals surface area contributed by atoms with Crippen molar-refractivity contribution in [3.05, 3.63) is 45.7 Å². The lowest BCUT2D eigenvalue weighted by atomic mass is 10.1. The van der Waals surface area contributed by atoms with Crippen molar-refractivity contribution in [2.45, 2.75) is 43.8 Å². The molecule has 1 unspecified atom stereocenters. The molecule has 0 aliphatic carbocycles. The van der Waals surface area contributed by atoms with Crippen LogP contribution in [0.5, 0.6) is 0 Å².